The molecular weight excluding hydrogens is 330 g/mol. The molecule has 0 N–H and O–H groups in total. The van der Waals surface area contributed by atoms with Crippen LogP contribution in [-0.2, 0) is 11.2 Å². The lowest BCUT2D eigenvalue weighted by atomic mass is 9.93. The zero-order valence-electron chi connectivity index (χ0n) is 14.9. The van der Waals surface area contributed by atoms with E-state index in [9.17, 15) is 0 Å². The average molecular weight is 351 g/mol. The fourth-order valence-corrected chi connectivity index (χ4v) is 3.36. The maximum absolute atomic E-state index is 6.06. The molecule has 134 valence electrons. The van der Waals surface area contributed by atoms with Crippen LogP contribution in [0.15, 0.2) is 53.9 Å². The molecule has 0 saturated heterocycles. The third-order valence-electron chi connectivity index (χ3n) is 4.76. The van der Waals surface area contributed by atoms with E-state index in [-0.39, 0.29) is 6.04 Å². The first kappa shape index (κ1) is 16.4. The molecule has 2 aromatic rings. The van der Waals surface area contributed by atoms with E-state index >= 15 is 0 Å². The van der Waals surface area contributed by atoms with Gasteiger partial charge in [-0.25, -0.2) is 9.98 Å². The Morgan fingerprint density at radius 3 is 2.85 bits per heavy atom. The van der Waals surface area contributed by atoms with Crippen LogP contribution in [0.3, 0.4) is 0 Å². The van der Waals surface area contributed by atoms with E-state index < -0.39 is 0 Å². The highest BCUT2D eigenvalue weighted by atomic mass is 16.5. The molecule has 0 amide bonds. The standard InChI is InChI=1S/C20H21N3O3/c1-24-19-7-6-14(11-22-19)16-4-3-5-18-17(16)10-15(13-26-18)23-9-8-21-20(12-23)25-2/h3-9,11,15H,10,12-13H2,1-2H3/t15-/m0/s1. The maximum atomic E-state index is 6.06. The minimum absolute atomic E-state index is 0.228. The smallest absolute Gasteiger partial charge is 0.212 e. The Bertz CT molecular complexity index is 846. The Kier molecular flexibility index (Phi) is 4.48. The van der Waals surface area contributed by atoms with E-state index in [2.05, 4.69) is 20.9 Å². The van der Waals surface area contributed by atoms with Gasteiger partial charge in [-0.05, 0) is 17.7 Å². The fraction of sp³-hybridized carbons (Fsp3) is 0.300. The minimum atomic E-state index is 0.228. The first-order valence-corrected chi connectivity index (χ1v) is 8.56. The summed E-state index contributed by atoms with van der Waals surface area (Å²) in [5.74, 6) is 2.26. The van der Waals surface area contributed by atoms with E-state index in [4.69, 9.17) is 14.2 Å². The van der Waals surface area contributed by atoms with Gasteiger partial charge in [-0.15, -0.1) is 0 Å². The first-order chi connectivity index (χ1) is 12.8. The van der Waals surface area contributed by atoms with Crippen molar-refractivity contribution in [1.82, 2.24) is 9.88 Å². The van der Waals surface area contributed by atoms with Gasteiger partial charge < -0.3 is 19.1 Å². The SMILES string of the molecule is COC1=NC=CN([C@@H]2COc3cccc(-c4ccc(OC)nc4)c3C2)C1. The van der Waals surface area contributed by atoms with Gasteiger partial charge in [-0.2, -0.15) is 0 Å². The van der Waals surface area contributed by atoms with Gasteiger partial charge in [-0.1, -0.05) is 12.1 Å². The lowest BCUT2D eigenvalue weighted by Crippen LogP contribution is -2.43. The molecular formula is C20H21N3O3. The summed E-state index contributed by atoms with van der Waals surface area (Å²) >= 11 is 0. The van der Waals surface area contributed by atoms with Crippen molar-refractivity contribution in [3.8, 4) is 22.8 Å². The van der Waals surface area contributed by atoms with Crippen LogP contribution in [0.25, 0.3) is 11.1 Å². The number of fused-ring (bicyclic) bond motifs is 1. The first-order valence-electron chi connectivity index (χ1n) is 8.56. The van der Waals surface area contributed by atoms with Gasteiger partial charge in [0.15, 0.2) is 0 Å². The molecule has 0 aliphatic carbocycles. The monoisotopic (exact) mass is 351 g/mol. The van der Waals surface area contributed by atoms with Crippen molar-refractivity contribution in [3.05, 3.63) is 54.5 Å². The largest absolute Gasteiger partial charge is 0.491 e. The zero-order chi connectivity index (χ0) is 17.9. The highest BCUT2D eigenvalue weighted by molar-refractivity contribution is 5.79. The molecule has 0 bridgehead atoms. The summed E-state index contributed by atoms with van der Waals surface area (Å²) in [7, 11) is 3.27. The lowest BCUT2D eigenvalue weighted by molar-refractivity contribution is 0.165. The molecule has 0 unspecified atom stereocenters. The summed E-state index contributed by atoms with van der Waals surface area (Å²) in [6, 6.07) is 10.3. The summed E-state index contributed by atoms with van der Waals surface area (Å²) in [6.07, 6.45) is 6.50. The van der Waals surface area contributed by atoms with Gasteiger partial charge in [0.1, 0.15) is 12.4 Å². The lowest BCUT2D eigenvalue weighted by Gasteiger charge is -2.35. The third-order valence-corrected chi connectivity index (χ3v) is 4.76. The zero-order valence-corrected chi connectivity index (χ0v) is 14.9. The molecule has 4 rings (SSSR count). The van der Waals surface area contributed by atoms with E-state index in [1.54, 1.807) is 20.4 Å². The van der Waals surface area contributed by atoms with Crippen LogP contribution < -0.4 is 9.47 Å². The summed E-state index contributed by atoms with van der Waals surface area (Å²) in [5.41, 5.74) is 3.40. The maximum Gasteiger partial charge on any atom is 0.212 e. The van der Waals surface area contributed by atoms with Crippen molar-refractivity contribution >= 4 is 5.90 Å². The quantitative estimate of drug-likeness (QED) is 0.851. The van der Waals surface area contributed by atoms with Crippen LogP contribution in [0.1, 0.15) is 5.56 Å². The molecule has 1 aromatic carbocycles. The summed E-state index contributed by atoms with van der Waals surface area (Å²) in [4.78, 5) is 10.8. The van der Waals surface area contributed by atoms with Gasteiger partial charge >= 0.3 is 0 Å². The van der Waals surface area contributed by atoms with Crippen molar-refractivity contribution in [3.63, 3.8) is 0 Å². The van der Waals surface area contributed by atoms with Crippen LogP contribution in [0.4, 0.5) is 0 Å². The van der Waals surface area contributed by atoms with Crippen LogP contribution in [0, 0.1) is 0 Å². The van der Waals surface area contributed by atoms with Gasteiger partial charge in [-0.3, -0.25) is 0 Å². The second kappa shape index (κ2) is 7.07. The van der Waals surface area contributed by atoms with Gasteiger partial charge in [0.05, 0.1) is 26.8 Å². The molecule has 2 aliphatic rings. The minimum Gasteiger partial charge on any atom is -0.491 e. The molecule has 6 nitrogen and oxygen atoms in total. The second-order valence-electron chi connectivity index (χ2n) is 6.24. The Hall–Kier alpha value is -3.02. The summed E-state index contributed by atoms with van der Waals surface area (Å²) in [6.45, 7) is 1.29. The molecule has 0 saturated carbocycles. The number of methoxy groups -OCH3 is 2. The van der Waals surface area contributed by atoms with Crippen molar-refractivity contribution in [2.45, 2.75) is 12.5 Å². The summed E-state index contributed by atoms with van der Waals surface area (Å²) < 4.78 is 16.5. The molecule has 26 heavy (non-hydrogen) atoms. The number of benzene rings is 1. The van der Waals surface area contributed by atoms with E-state index in [1.807, 2.05) is 36.7 Å². The number of aromatic nitrogens is 1. The van der Waals surface area contributed by atoms with E-state index in [0.717, 1.165) is 23.3 Å². The molecule has 3 heterocycles. The molecule has 2 aliphatic heterocycles. The van der Waals surface area contributed by atoms with Crippen molar-refractivity contribution in [2.75, 3.05) is 27.4 Å². The van der Waals surface area contributed by atoms with E-state index in [1.165, 1.54) is 5.56 Å². The van der Waals surface area contributed by atoms with Gasteiger partial charge in [0.2, 0.25) is 11.8 Å². The molecule has 0 fully saturated rings. The van der Waals surface area contributed by atoms with Crippen LogP contribution in [-0.4, -0.2) is 49.2 Å². The molecule has 1 atom stereocenters. The van der Waals surface area contributed by atoms with Crippen LogP contribution in [0.2, 0.25) is 0 Å². The highest BCUT2D eigenvalue weighted by Gasteiger charge is 2.27. The van der Waals surface area contributed by atoms with Gasteiger partial charge in [0.25, 0.3) is 0 Å². The predicted molar refractivity (Wildman–Crippen MR) is 99.5 cm³/mol. The van der Waals surface area contributed by atoms with E-state index in [0.29, 0.717) is 24.9 Å². The molecule has 1 aromatic heterocycles. The Morgan fingerprint density at radius 1 is 1.15 bits per heavy atom. The molecule has 0 spiro atoms. The fourth-order valence-electron chi connectivity index (χ4n) is 3.36. The number of hydrogen-bond donors (Lipinski definition) is 0. The Morgan fingerprint density at radius 2 is 2.08 bits per heavy atom. The van der Waals surface area contributed by atoms with Crippen molar-refractivity contribution in [1.29, 1.82) is 0 Å². The number of aliphatic imine (C=N–C) groups is 1. The summed E-state index contributed by atoms with van der Waals surface area (Å²) in [5, 5.41) is 0. The molecule has 0 radical (unpaired) electrons. The van der Waals surface area contributed by atoms with Crippen LogP contribution in [0.5, 0.6) is 11.6 Å². The number of pyridine rings is 1. The van der Waals surface area contributed by atoms with Crippen LogP contribution >= 0.6 is 0 Å². The second-order valence-corrected chi connectivity index (χ2v) is 6.24. The topological polar surface area (TPSA) is 56.2 Å². The molecule has 6 heteroatoms. The number of hydrogen-bond acceptors (Lipinski definition) is 6. The van der Waals surface area contributed by atoms with Crippen molar-refractivity contribution < 1.29 is 14.2 Å². The van der Waals surface area contributed by atoms with Crippen molar-refractivity contribution in [2.24, 2.45) is 4.99 Å². The normalized spacial score (nSPS) is 18.6. The number of rotatable bonds is 3. The third kappa shape index (κ3) is 3.10. The number of nitrogens with zero attached hydrogens (tertiary/aromatic N) is 3. The predicted octanol–water partition coefficient (Wildman–Crippen LogP) is 2.89. The Labute approximate surface area is 152 Å². The average Bonchev–Trinajstić information content (AvgIpc) is 2.73. The number of ether oxygens (including phenoxy) is 3. The highest BCUT2D eigenvalue weighted by Crippen LogP contribution is 2.35. The van der Waals surface area contributed by atoms with Gasteiger partial charge in [0, 0.05) is 42.2 Å². The Balaban J connectivity index is 1.62.